The van der Waals surface area contributed by atoms with Gasteiger partial charge < -0.3 is 20.3 Å². The van der Waals surface area contributed by atoms with Crippen LogP contribution in [-0.2, 0) is 9.53 Å². The standard InChI is InChI=1S/C19H24N4O3/c1-13(18(24)21-15-9-11-17(12-10-15)23(2)3)20-14-5-7-16(8-6-14)22-19(25)26-4/h5-13,20H,1-4H3,(H,21,24)(H,22,25)/t13-/m0/s1. The lowest BCUT2D eigenvalue weighted by Gasteiger charge is -2.17. The Labute approximate surface area is 153 Å². The number of carbonyl (C=O) groups is 2. The molecule has 0 fully saturated rings. The maximum absolute atomic E-state index is 12.3. The zero-order chi connectivity index (χ0) is 19.1. The van der Waals surface area contributed by atoms with Gasteiger partial charge in [-0.2, -0.15) is 0 Å². The van der Waals surface area contributed by atoms with E-state index in [4.69, 9.17) is 0 Å². The van der Waals surface area contributed by atoms with Crippen LogP contribution < -0.4 is 20.9 Å². The van der Waals surface area contributed by atoms with Gasteiger partial charge in [-0.3, -0.25) is 10.1 Å². The molecular weight excluding hydrogens is 332 g/mol. The summed E-state index contributed by atoms with van der Waals surface area (Å²) < 4.78 is 4.54. The Bertz CT molecular complexity index is 742. The number of ether oxygens (including phenoxy) is 1. The van der Waals surface area contributed by atoms with Crippen LogP contribution in [0.15, 0.2) is 48.5 Å². The third-order valence-electron chi connectivity index (χ3n) is 3.74. The fourth-order valence-electron chi connectivity index (χ4n) is 2.23. The van der Waals surface area contributed by atoms with Gasteiger partial charge in [0.05, 0.1) is 7.11 Å². The normalized spacial score (nSPS) is 11.2. The van der Waals surface area contributed by atoms with Crippen molar-refractivity contribution < 1.29 is 14.3 Å². The average molecular weight is 356 g/mol. The molecular formula is C19H24N4O3. The molecule has 0 unspecified atom stereocenters. The number of anilines is 4. The number of benzene rings is 2. The summed E-state index contributed by atoms with van der Waals surface area (Å²) in [5, 5.41) is 8.57. The van der Waals surface area contributed by atoms with Crippen LogP contribution in [-0.4, -0.2) is 39.2 Å². The van der Waals surface area contributed by atoms with Crippen LogP contribution in [0.4, 0.5) is 27.5 Å². The number of amides is 2. The monoisotopic (exact) mass is 356 g/mol. The van der Waals surface area contributed by atoms with Crippen LogP contribution in [0.5, 0.6) is 0 Å². The van der Waals surface area contributed by atoms with Crippen LogP contribution in [0.1, 0.15) is 6.92 Å². The van der Waals surface area contributed by atoms with Crippen LogP contribution >= 0.6 is 0 Å². The summed E-state index contributed by atoms with van der Waals surface area (Å²) in [6.45, 7) is 1.78. The van der Waals surface area contributed by atoms with E-state index < -0.39 is 12.1 Å². The van der Waals surface area contributed by atoms with Gasteiger partial charge in [-0.15, -0.1) is 0 Å². The first kappa shape index (κ1) is 19.1. The second kappa shape index (κ2) is 8.75. The predicted molar refractivity (Wildman–Crippen MR) is 105 cm³/mol. The molecule has 26 heavy (non-hydrogen) atoms. The number of rotatable bonds is 6. The molecule has 7 nitrogen and oxygen atoms in total. The third kappa shape index (κ3) is 5.41. The van der Waals surface area contributed by atoms with Gasteiger partial charge in [0, 0.05) is 36.8 Å². The molecule has 0 aliphatic carbocycles. The van der Waals surface area contributed by atoms with Crippen molar-refractivity contribution in [1.82, 2.24) is 0 Å². The van der Waals surface area contributed by atoms with E-state index in [9.17, 15) is 9.59 Å². The first-order valence-corrected chi connectivity index (χ1v) is 8.19. The summed E-state index contributed by atoms with van der Waals surface area (Å²) >= 11 is 0. The zero-order valence-electron chi connectivity index (χ0n) is 15.4. The number of nitrogens with one attached hydrogen (secondary N) is 3. The van der Waals surface area contributed by atoms with E-state index in [0.717, 1.165) is 17.1 Å². The molecule has 2 amide bonds. The molecule has 2 rings (SSSR count). The fraction of sp³-hybridized carbons (Fsp3) is 0.263. The molecule has 0 heterocycles. The molecule has 0 radical (unpaired) electrons. The molecule has 2 aromatic carbocycles. The molecule has 0 spiro atoms. The van der Waals surface area contributed by atoms with Crippen molar-refractivity contribution in [2.24, 2.45) is 0 Å². The van der Waals surface area contributed by atoms with Crippen molar-refractivity contribution in [2.45, 2.75) is 13.0 Å². The van der Waals surface area contributed by atoms with Gasteiger partial charge in [0.15, 0.2) is 0 Å². The SMILES string of the molecule is COC(=O)Nc1ccc(N[C@@H](C)C(=O)Nc2ccc(N(C)C)cc2)cc1. The summed E-state index contributed by atoms with van der Waals surface area (Å²) in [5.41, 5.74) is 3.19. The molecule has 2 aromatic rings. The number of carbonyl (C=O) groups excluding carboxylic acids is 2. The van der Waals surface area contributed by atoms with Crippen LogP contribution in [0, 0.1) is 0 Å². The maximum Gasteiger partial charge on any atom is 0.411 e. The maximum atomic E-state index is 12.3. The van der Waals surface area contributed by atoms with Gasteiger partial charge in [0.2, 0.25) is 5.91 Å². The first-order valence-electron chi connectivity index (χ1n) is 8.19. The molecule has 0 saturated carbocycles. The van der Waals surface area contributed by atoms with E-state index >= 15 is 0 Å². The second-order valence-corrected chi connectivity index (χ2v) is 5.99. The number of hydrogen-bond donors (Lipinski definition) is 3. The minimum atomic E-state index is -0.529. The van der Waals surface area contributed by atoms with Gasteiger partial charge in [0.25, 0.3) is 0 Å². The Morgan fingerprint density at radius 1 is 0.885 bits per heavy atom. The first-order chi connectivity index (χ1) is 12.4. The number of nitrogens with zero attached hydrogens (tertiary/aromatic N) is 1. The molecule has 0 saturated heterocycles. The van der Waals surface area contributed by atoms with E-state index in [1.807, 2.05) is 43.3 Å². The van der Waals surface area contributed by atoms with Crippen molar-refractivity contribution >= 4 is 34.7 Å². The fourth-order valence-corrected chi connectivity index (χ4v) is 2.23. The van der Waals surface area contributed by atoms with Crippen molar-refractivity contribution in [3.63, 3.8) is 0 Å². The third-order valence-corrected chi connectivity index (χ3v) is 3.74. The van der Waals surface area contributed by atoms with Crippen molar-refractivity contribution in [2.75, 3.05) is 42.1 Å². The molecule has 0 aliphatic rings. The molecule has 138 valence electrons. The van der Waals surface area contributed by atoms with Gasteiger partial charge >= 0.3 is 6.09 Å². The largest absolute Gasteiger partial charge is 0.453 e. The van der Waals surface area contributed by atoms with Crippen LogP contribution in [0.2, 0.25) is 0 Å². The zero-order valence-corrected chi connectivity index (χ0v) is 15.4. The van der Waals surface area contributed by atoms with E-state index in [1.165, 1.54) is 7.11 Å². The van der Waals surface area contributed by atoms with Gasteiger partial charge in [-0.1, -0.05) is 0 Å². The van der Waals surface area contributed by atoms with E-state index in [-0.39, 0.29) is 5.91 Å². The minimum absolute atomic E-state index is 0.139. The topological polar surface area (TPSA) is 82.7 Å². The van der Waals surface area contributed by atoms with Crippen molar-refractivity contribution in [3.05, 3.63) is 48.5 Å². The Hall–Kier alpha value is -3.22. The van der Waals surface area contributed by atoms with E-state index in [0.29, 0.717) is 5.69 Å². The lowest BCUT2D eigenvalue weighted by Crippen LogP contribution is -2.31. The van der Waals surface area contributed by atoms with Gasteiger partial charge in [-0.05, 0) is 55.5 Å². The Balaban J connectivity index is 1.91. The highest BCUT2D eigenvalue weighted by molar-refractivity contribution is 5.96. The van der Waals surface area contributed by atoms with Crippen molar-refractivity contribution in [3.8, 4) is 0 Å². The highest BCUT2D eigenvalue weighted by atomic mass is 16.5. The van der Waals surface area contributed by atoms with Crippen LogP contribution in [0.25, 0.3) is 0 Å². The summed E-state index contributed by atoms with van der Waals surface area (Å²) in [7, 11) is 5.23. The lowest BCUT2D eigenvalue weighted by atomic mass is 10.2. The Kier molecular flexibility index (Phi) is 6.43. The van der Waals surface area contributed by atoms with Crippen molar-refractivity contribution in [1.29, 1.82) is 0 Å². The number of methoxy groups -OCH3 is 1. The van der Waals surface area contributed by atoms with Crippen LogP contribution in [0.3, 0.4) is 0 Å². The minimum Gasteiger partial charge on any atom is -0.453 e. The smallest absolute Gasteiger partial charge is 0.411 e. The summed E-state index contributed by atoms with van der Waals surface area (Å²) in [6.07, 6.45) is -0.529. The molecule has 1 atom stereocenters. The van der Waals surface area contributed by atoms with Gasteiger partial charge in [0.1, 0.15) is 6.04 Å². The predicted octanol–water partition coefficient (Wildman–Crippen LogP) is 3.37. The molecule has 0 aliphatic heterocycles. The highest BCUT2D eigenvalue weighted by Crippen LogP contribution is 2.17. The average Bonchev–Trinajstić information content (AvgIpc) is 2.63. The van der Waals surface area contributed by atoms with E-state index in [1.54, 1.807) is 31.2 Å². The molecule has 0 bridgehead atoms. The Morgan fingerprint density at radius 2 is 1.38 bits per heavy atom. The highest BCUT2D eigenvalue weighted by Gasteiger charge is 2.13. The van der Waals surface area contributed by atoms with Gasteiger partial charge in [-0.25, -0.2) is 4.79 Å². The second-order valence-electron chi connectivity index (χ2n) is 5.99. The summed E-state index contributed by atoms with van der Waals surface area (Å²) in [5.74, 6) is -0.139. The summed E-state index contributed by atoms with van der Waals surface area (Å²) in [4.78, 5) is 25.5. The lowest BCUT2D eigenvalue weighted by molar-refractivity contribution is -0.116. The Morgan fingerprint density at radius 3 is 1.92 bits per heavy atom. The molecule has 0 aromatic heterocycles. The molecule has 7 heteroatoms. The van der Waals surface area contributed by atoms with E-state index in [2.05, 4.69) is 20.7 Å². The number of hydrogen-bond acceptors (Lipinski definition) is 5. The molecule has 3 N–H and O–H groups in total. The summed E-state index contributed by atoms with van der Waals surface area (Å²) in [6, 6.07) is 14.2. The quantitative estimate of drug-likeness (QED) is 0.739.